The van der Waals surface area contributed by atoms with E-state index in [9.17, 15) is 9.90 Å². The first-order chi connectivity index (χ1) is 13.6. The number of carbonyl (C=O) groups is 1. The lowest BCUT2D eigenvalue weighted by Gasteiger charge is -2.38. The van der Waals surface area contributed by atoms with E-state index in [0.29, 0.717) is 25.1 Å². The average Bonchev–Trinajstić information content (AvgIpc) is 3.06. The van der Waals surface area contributed by atoms with Crippen LogP contribution in [0.25, 0.3) is 11.1 Å². The van der Waals surface area contributed by atoms with Crippen LogP contribution in [-0.4, -0.2) is 49.5 Å². The van der Waals surface area contributed by atoms with Crippen molar-refractivity contribution < 1.29 is 14.3 Å². The molecule has 0 aliphatic carbocycles. The number of rotatable bonds is 5. The smallest absolute Gasteiger partial charge is 0.254 e. The molecule has 156 valence electrons. The Morgan fingerprint density at radius 1 is 1.07 bits per heavy atom. The Balaban J connectivity index is 1.71. The molecule has 2 aromatic carbocycles. The fraction of sp³-hybridized carbons (Fsp3) is 0.458. The summed E-state index contributed by atoms with van der Waals surface area (Å²) in [4.78, 5) is 14.9. The van der Waals surface area contributed by atoms with Crippen molar-refractivity contribution in [2.24, 2.45) is 0 Å². The SMILES string of the molecule is CC(C)(C)[Si](C)(C)OCC1CC(O)CN1C(=O)c1ccc(-c2ccccc2)cc1. The second-order valence-corrected chi connectivity index (χ2v) is 14.3. The Bertz CT molecular complexity index is 827. The van der Waals surface area contributed by atoms with Crippen molar-refractivity contribution in [3.8, 4) is 11.1 Å². The van der Waals surface area contributed by atoms with E-state index < -0.39 is 14.4 Å². The molecule has 1 aliphatic heterocycles. The van der Waals surface area contributed by atoms with Crippen LogP contribution < -0.4 is 0 Å². The third kappa shape index (κ3) is 4.97. The highest BCUT2D eigenvalue weighted by molar-refractivity contribution is 6.74. The number of aliphatic hydroxyl groups excluding tert-OH is 1. The molecule has 0 aromatic heterocycles. The molecule has 0 saturated carbocycles. The predicted octanol–water partition coefficient (Wildman–Crippen LogP) is 4.95. The molecule has 1 amide bonds. The van der Waals surface area contributed by atoms with Gasteiger partial charge in [0.15, 0.2) is 8.32 Å². The first kappa shape index (κ1) is 21.7. The molecule has 29 heavy (non-hydrogen) atoms. The van der Waals surface area contributed by atoms with Crippen LogP contribution in [0.15, 0.2) is 54.6 Å². The fourth-order valence-corrected chi connectivity index (χ4v) is 4.46. The van der Waals surface area contributed by atoms with Gasteiger partial charge in [-0.1, -0.05) is 63.2 Å². The van der Waals surface area contributed by atoms with E-state index in [1.165, 1.54) is 0 Å². The van der Waals surface area contributed by atoms with Gasteiger partial charge in [0, 0.05) is 12.1 Å². The molecular weight excluding hydrogens is 378 g/mol. The van der Waals surface area contributed by atoms with Crippen LogP contribution in [0.1, 0.15) is 37.6 Å². The number of likely N-dealkylation sites (tertiary alicyclic amines) is 1. The summed E-state index contributed by atoms with van der Waals surface area (Å²) in [7, 11) is -1.90. The van der Waals surface area contributed by atoms with Gasteiger partial charge in [0.2, 0.25) is 0 Å². The Kier molecular flexibility index (Phi) is 6.32. The van der Waals surface area contributed by atoms with Gasteiger partial charge in [0.05, 0.1) is 18.8 Å². The number of benzene rings is 2. The van der Waals surface area contributed by atoms with E-state index in [1.807, 2.05) is 42.5 Å². The second kappa shape index (κ2) is 8.42. The van der Waals surface area contributed by atoms with Gasteiger partial charge in [0.25, 0.3) is 5.91 Å². The molecule has 1 aliphatic rings. The highest BCUT2D eigenvalue weighted by atomic mass is 28.4. The summed E-state index contributed by atoms with van der Waals surface area (Å²) in [5.74, 6) is -0.0370. The maximum atomic E-state index is 13.1. The van der Waals surface area contributed by atoms with Crippen molar-refractivity contribution in [2.75, 3.05) is 13.2 Å². The normalized spacial score (nSPS) is 20.1. The summed E-state index contributed by atoms with van der Waals surface area (Å²) in [6.45, 7) is 11.9. The van der Waals surface area contributed by atoms with E-state index in [1.54, 1.807) is 4.90 Å². The largest absolute Gasteiger partial charge is 0.415 e. The maximum absolute atomic E-state index is 13.1. The predicted molar refractivity (Wildman–Crippen MR) is 120 cm³/mol. The van der Waals surface area contributed by atoms with Crippen LogP contribution >= 0.6 is 0 Å². The number of aliphatic hydroxyl groups is 1. The highest BCUT2D eigenvalue weighted by Crippen LogP contribution is 2.37. The maximum Gasteiger partial charge on any atom is 0.254 e. The van der Waals surface area contributed by atoms with E-state index in [0.717, 1.165) is 11.1 Å². The summed E-state index contributed by atoms with van der Waals surface area (Å²) in [5, 5.41) is 10.3. The lowest BCUT2D eigenvalue weighted by atomic mass is 10.0. The number of amides is 1. The molecule has 0 radical (unpaired) electrons. The van der Waals surface area contributed by atoms with Crippen LogP contribution in [0.4, 0.5) is 0 Å². The minimum atomic E-state index is -1.90. The molecule has 0 bridgehead atoms. The zero-order chi connectivity index (χ0) is 21.2. The van der Waals surface area contributed by atoms with Gasteiger partial charge in [-0.05, 0) is 47.8 Å². The van der Waals surface area contributed by atoms with Crippen molar-refractivity contribution in [1.29, 1.82) is 0 Å². The summed E-state index contributed by atoms with van der Waals surface area (Å²) < 4.78 is 6.35. The van der Waals surface area contributed by atoms with Crippen LogP contribution in [0.5, 0.6) is 0 Å². The van der Waals surface area contributed by atoms with E-state index in [2.05, 4.69) is 46.0 Å². The number of β-amino-alcohol motifs (C(OH)–C–C–N with tert-alkyl or cyclic N) is 1. The molecule has 3 rings (SSSR count). The standard InChI is InChI=1S/C24H33NO3Si/c1-24(2,3)29(4,5)28-17-21-15-22(26)16-25(21)23(27)20-13-11-19(12-14-20)18-9-7-6-8-10-18/h6-14,21-22,26H,15-17H2,1-5H3. The fourth-order valence-electron chi connectivity index (χ4n) is 3.42. The van der Waals surface area contributed by atoms with Crippen molar-refractivity contribution in [3.05, 3.63) is 60.2 Å². The average molecular weight is 412 g/mol. The lowest BCUT2D eigenvalue weighted by molar-refractivity contribution is 0.0670. The first-order valence-electron chi connectivity index (χ1n) is 10.4. The van der Waals surface area contributed by atoms with E-state index >= 15 is 0 Å². The van der Waals surface area contributed by atoms with Crippen LogP contribution in [0.2, 0.25) is 18.1 Å². The number of carbonyl (C=O) groups excluding carboxylic acids is 1. The summed E-state index contributed by atoms with van der Waals surface area (Å²) in [5.41, 5.74) is 2.86. The Labute approximate surface area is 175 Å². The molecule has 1 saturated heterocycles. The molecule has 4 nitrogen and oxygen atoms in total. The zero-order valence-electron chi connectivity index (χ0n) is 18.2. The van der Waals surface area contributed by atoms with Gasteiger partial charge in [-0.3, -0.25) is 4.79 Å². The minimum absolute atomic E-state index is 0.0370. The Hall–Kier alpha value is -1.95. The van der Waals surface area contributed by atoms with E-state index in [4.69, 9.17) is 4.43 Å². The first-order valence-corrected chi connectivity index (χ1v) is 13.3. The number of hydrogen-bond acceptors (Lipinski definition) is 3. The van der Waals surface area contributed by atoms with Crippen molar-refractivity contribution >= 4 is 14.2 Å². The molecule has 2 unspecified atom stereocenters. The Morgan fingerprint density at radius 3 is 2.24 bits per heavy atom. The molecule has 5 heteroatoms. The second-order valence-electron chi connectivity index (χ2n) is 9.52. The molecule has 2 aromatic rings. The lowest BCUT2D eigenvalue weighted by Crippen LogP contribution is -2.46. The van der Waals surface area contributed by atoms with Gasteiger partial charge in [0.1, 0.15) is 0 Å². The monoisotopic (exact) mass is 411 g/mol. The quantitative estimate of drug-likeness (QED) is 0.708. The van der Waals surface area contributed by atoms with Crippen LogP contribution in [0.3, 0.4) is 0 Å². The number of hydrogen-bond donors (Lipinski definition) is 1. The molecule has 1 N–H and O–H groups in total. The minimum Gasteiger partial charge on any atom is -0.415 e. The number of nitrogens with zero attached hydrogens (tertiary/aromatic N) is 1. The van der Waals surface area contributed by atoms with Gasteiger partial charge >= 0.3 is 0 Å². The van der Waals surface area contributed by atoms with Crippen molar-refractivity contribution in [2.45, 2.75) is 57.5 Å². The van der Waals surface area contributed by atoms with Gasteiger partial charge in [-0.2, -0.15) is 0 Å². The molecule has 0 spiro atoms. The highest BCUT2D eigenvalue weighted by Gasteiger charge is 2.40. The molecule has 1 heterocycles. The van der Waals surface area contributed by atoms with Crippen molar-refractivity contribution in [3.63, 3.8) is 0 Å². The van der Waals surface area contributed by atoms with E-state index in [-0.39, 0.29) is 17.0 Å². The van der Waals surface area contributed by atoms with Crippen LogP contribution in [0, 0.1) is 0 Å². The van der Waals surface area contributed by atoms with Crippen molar-refractivity contribution in [1.82, 2.24) is 4.90 Å². The molecule has 2 atom stereocenters. The zero-order valence-corrected chi connectivity index (χ0v) is 19.2. The van der Waals surface area contributed by atoms with Gasteiger partial charge < -0.3 is 14.4 Å². The van der Waals surface area contributed by atoms with Crippen LogP contribution in [-0.2, 0) is 4.43 Å². The summed E-state index contributed by atoms with van der Waals surface area (Å²) in [6.07, 6.45) is 0.0817. The third-order valence-electron chi connectivity index (χ3n) is 6.33. The molecular formula is C24H33NO3Si. The summed E-state index contributed by atoms with van der Waals surface area (Å²) >= 11 is 0. The molecule has 1 fully saturated rings. The third-order valence-corrected chi connectivity index (χ3v) is 10.8. The summed E-state index contributed by atoms with van der Waals surface area (Å²) in [6, 6.07) is 17.8. The topological polar surface area (TPSA) is 49.8 Å². The van der Waals surface area contributed by atoms with Gasteiger partial charge in [-0.15, -0.1) is 0 Å². The Morgan fingerprint density at radius 2 is 1.66 bits per heavy atom. The van der Waals surface area contributed by atoms with Gasteiger partial charge in [-0.25, -0.2) is 0 Å².